The molecule has 0 bridgehead atoms. The molecule has 0 saturated carbocycles. The summed E-state index contributed by atoms with van der Waals surface area (Å²) in [5.41, 5.74) is 1.53. The van der Waals surface area contributed by atoms with Gasteiger partial charge in [-0.05, 0) is 13.0 Å². The maximum Gasteiger partial charge on any atom is 0.114 e. The molecule has 1 aromatic rings. The van der Waals surface area contributed by atoms with Gasteiger partial charge in [-0.1, -0.05) is 17.7 Å². The molecule has 60 valence electrons. The maximum atomic E-state index is 5.36. The van der Waals surface area contributed by atoms with Crippen molar-refractivity contribution in [1.29, 1.82) is 0 Å². The van der Waals surface area contributed by atoms with Crippen LogP contribution in [0.5, 0.6) is 0 Å². The SMILES string of the molecule is Cc1occc1SC/C=C/Cl. The van der Waals surface area contributed by atoms with Crippen LogP contribution in [0.3, 0.4) is 0 Å². The van der Waals surface area contributed by atoms with Gasteiger partial charge in [0.05, 0.1) is 6.26 Å². The average Bonchev–Trinajstić information content (AvgIpc) is 2.37. The van der Waals surface area contributed by atoms with E-state index in [1.807, 2.05) is 19.1 Å². The molecule has 1 rings (SSSR count). The Balaban J connectivity index is 2.44. The van der Waals surface area contributed by atoms with Gasteiger partial charge in [-0.2, -0.15) is 0 Å². The summed E-state index contributed by atoms with van der Waals surface area (Å²) in [6.45, 7) is 1.95. The summed E-state index contributed by atoms with van der Waals surface area (Å²) in [4.78, 5) is 1.18. The second-order valence-electron chi connectivity index (χ2n) is 2.01. The van der Waals surface area contributed by atoms with Crippen LogP contribution in [-0.2, 0) is 0 Å². The number of hydrogen-bond acceptors (Lipinski definition) is 2. The van der Waals surface area contributed by atoms with Gasteiger partial charge in [-0.3, -0.25) is 0 Å². The quantitative estimate of drug-likeness (QED) is 0.675. The highest BCUT2D eigenvalue weighted by Crippen LogP contribution is 2.22. The van der Waals surface area contributed by atoms with Gasteiger partial charge < -0.3 is 4.42 Å². The Bertz CT molecular complexity index is 242. The Morgan fingerprint density at radius 3 is 3.09 bits per heavy atom. The highest BCUT2D eigenvalue weighted by atomic mass is 35.5. The molecule has 0 radical (unpaired) electrons. The van der Waals surface area contributed by atoms with Crippen LogP contribution in [0.1, 0.15) is 5.76 Å². The lowest BCUT2D eigenvalue weighted by Gasteiger charge is -1.92. The molecule has 0 aromatic carbocycles. The average molecular weight is 189 g/mol. The van der Waals surface area contributed by atoms with Crippen molar-refractivity contribution in [3.63, 3.8) is 0 Å². The molecule has 0 atom stereocenters. The monoisotopic (exact) mass is 188 g/mol. The summed E-state index contributed by atoms with van der Waals surface area (Å²) in [6.07, 6.45) is 3.60. The zero-order valence-corrected chi connectivity index (χ0v) is 7.78. The van der Waals surface area contributed by atoms with E-state index in [0.717, 1.165) is 11.5 Å². The van der Waals surface area contributed by atoms with E-state index in [1.54, 1.807) is 18.0 Å². The molecule has 0 N–H and O–H groups in total. The van der Waals surface area contributed by atoms with Gasteiger partial charge in [0.2, 0.25) is 0 Å². The van der Waals surface area contributed by atoms with Crippen LogP contribution in [0, 0.1) is 6.92 Å². The van der Waals surface area contributed by atoms with Gasteiger partial charge in [0, 0.05) is 16.2 Å². The van der Waals surface area contributed by atoms with Crippen LogP contribution in [0.25, 0.3) is 0 Å². The molecule has 1 heterocycles. The third-order valence-corrected chi connectivity index (χ3v) is 2.51. The zero-order chi connectivity index (χ0) is 8.10. The first-order chi connectivity index (χ1) is 5.34. The summed E-state index contributed by atoms with van der Waals surface area (Å²) in [7, 11) is 0. The second-order valence-corrected chi connectivity index (χ2v) is 3.33. The molecule has 0 saturated heterocycles. The lowest BCUT2D eigenvalue weighted by Crippen LogP contribution is -1.71. The molecular formula is C8H9ClOS. The van der Waals surface area contributed by atoms with E-state index in [2.05, 4.69) is 0 Å². The van der Waals surface area contributed by atoms with Gasteiger partial charge in [0.15, 0.2) is 0 Å². The Morgan fingerprint density at radius 2 is 2.55 bits per heavy atom. The van der Waals surface area contributed by atoms with E-state index in [4.69, 9.17) is 16.0 Å². The number of halogens is 1. The van der Waals surface area contributed by atoms with Gasteiger partial charge in [0.25, 0.3) is 0 Å². The highest BCUT2D eigenvalue weighted by molar-refractivity contribution is 7.99. The molecule has 0 aliphatic carbocycles. The van der Waals surface area contributed by atoms with Crippen LogP contribution in [0.4, 0.5) is 0 Å². The minimum absolute atomic E-state index is 0.893. The fourth-order valence-corrected chi connectivity index (χ4v) is 1.67. The van der Waals surface area contributed by atoms with Crippen molar-refractivity contribution < 1.29 is 4.42 Å². The molecule has 0 unspecified atom stereocenters. The molecule has 0 spiro atoms. The summed E-state index contributed by atoms with van der Waals surface area (Å²) in [6, 6.07) is 1.96. The molecular weight excluding hydrogens is 180 g/mol. The van der Waals surface area contributed by atoms with Crippen molar-refractivity contribution in [3.05, 3.63) is 29.7 Å². The molecule has 0 amide bonds. The third kappa shape index (κ3) is 2.64. The second kappa shape index (κ2) is 4.52. The number of aryl methyl sites for hydroxylation is 1. The summed E-state index contributed by atoms with van der Waals surface area (Å²) < 4.78 is 5.12. The van der Waals surface area contributed by atoms with E-state index in [1.165, 1.54) is 10.4 Å². The minimum atomic E-state index is 0.893. The van der Waals surface area contributed by atoms with Gasteiger partial charge in [0.1, 0.15) is 5.76 Å². The van der Waals surface area contributed by atoms with Crippen LogP contribution in [-0.4, -0.2) is 5.75 Å². The van der Waals surface area contributed by atoms with Crippen LogP contribution >= 0.6 is 23.4 Å². The van der Waals surface area contributed by atoms with Crippen molar-refractivity contribution in [3.8, 4) is 0 Å². The fourth-order valence-electron chi connectivity index (χ4n) is 0.697. The molecule has 1 aromatic heterocycles. The Labute approximate surface area is 75.4 Å². The summed E-state index contributed by atoms with van der Waals surface area (Å²) in [5, 5.41) is 0. The topological polar surface area (TPSA) is 13.1 Å². The predicted octanol–water partition coefficient (Wildman–Crippen LogP) is 3.43. The van der Waals surface area contributed by atoms with Gasteiger partial charge in [-0.15, -0.1) is 11.8 Å². The first-order valence-corrected chi connectivity index (χ1v) is 4.69. The Kier molecular flexibility index (Phi) is 3.60. The van der Waals surface area contributed by atoms with E-state index < -0.39 is 0 Å². The molecule has 0 aliphatic rings. The third-order valence-electron chi connectivity index (χ3n) is 1.24. The Morgan fingerprint density at radius 1 is 1.73 bits per heavy atom. The number of thioether (sulfide) groups is 1. The van der Waals surface area contributed by atoms with E-state index in [-0.39, 0.29) is 0 Å². The van der Waals surface area contributed by atoms with E-state index in [9.17, 15) is 0 Å². The predicted molar refractivity (Wildman–Crippen MR) is 49.2 cm³/mol. The molecule has 1 nitrogen and oxygen atoms in total. The van der Waals surface area contributed by atoms with E-state index >= 15 is 0 Å². The Hall–Kier alpha value is -0.340. The normalized spacial score (nSPS) is 11.1. The van der Waals surface area contributed by atoms with Gasteiger partial charge >= 0.3 is 0 Å². The summed E-state index contributed by atoms with van der Waals surface area (Å²) >= 11 is 7.08. The van der Waals surface area contributed by atoms with E-state index in [0.29, 0.717) is 0 Å². The number of furan rings is 1. The standard InChI is InChI=1S/C8H9ClOS/c1-7-8(3-5-10-7)11-6-2-4-9/h2-5H,6H2,1H3/b4-2+. The lowest BCUT2D eigenvalue weighted by atomic mass is 10.5. The van der Waals surface area contributed by atoms with Crippen molar-refractivity contribution in [1.82, 2.24) is 0 Å². The van der Waals surface area contributed by atoms with Crippen LogP contribution in [0.15, 0.2) is 33.3 Å². The highest BCUT2D eigenvalue weighted by Gasteiger charge is 1.98. The van der Waals surface area contributed by atoms with Crippen LogP contribution < -0.4 is 0 Å². The first kappa shape index (κ1) is 8.75. The maximum absolute atomic E-state index is 5.36. The van der Waals surface area contributed by atoms with Crippen molar-refractivity contribution in [2.75, 3.05) is 5.75 Å². The summed E-state index contributed by atoms with van der Waals surface area (Å²) in [5.74, 6) is 1.86. The first-order valence-electron chi connectivity index (χ1n) is 3.26. The fraction of sp³-hybridized carbons (Fsp3) is 0.250. The van der Waals surface area contributed by atoms with Crippen LogP contribution in [0.2, 0.25) is 0 Å². The zero-order valence-electron chi connectivity index (χ0n) is 6.21. The minimum Gasteiger partial charge on any atom is -0.468 e. The molecule has 11 heavy (non-hydrogen) atoms. The number of hydrogen-bond donors (Lipinski definition) is 0. The molecule has 0 aliphatic heterocycles. The smallest absolute Gasteiger partial charge is 0.114 e. The largest absolute Gasteiger partial charge is 0.468 e. The molecule has 3 heteroatoms. The van der Waals surface area contributed by atoms with Crippen molar-refractivity contribution in [2.45, 2.75) is 11.8 Å². The lowest BCUT2D eigenvalue weighted by molar-refractivity contribution is 0.527. The van der Waals surface area contributed by atoms with Crippen molar-refractivity contribution in [2.24, 2.45) is 0 Å². The molecule has 0 fully saturated rings. The van der Waals surface area contributed by atoms with Gasteiger partial charge in [-0.25, -0.2) is 0 Å². The van der Waals surface area contributed by atoms with Crippen molar-refractivity contribution >= 4 is 23.4 Å². The number of rotatable bonds is 3.